The van der Waals surface area contributed by atoms with Crippen LogP contribution in [0.5, 0.6) is 0 Å². The Balaban J connectivity index is 0.00000729. The number of carbonyl (C=O) groups is 1. The highest BCUT2D eigenvalue weighted by atomic mass is 127. The van der Waals surface area contributed by atoms with E-state index in [2.05, 4.69) is 17.1 Å². The number of hydrogen-bond acceptors (Lipinski definition) is 4. The van der Waals surface area contributed by atoms with Crippen molar-refractivity contribution in [3.05, 3.63) is 0 Å². The molecule has 1 saturated heterocycles. The van der Waals surface area contributed by atoms with Crippen molar-refractivity contribution >= 4 is 36.0 Å². The lowest BCUT2D eigenvalue weighted by Crippen LogP contribution is -2.41. The quantitative estimate of drug-likeness (QED) is 0.306. The lowest BCUT2D eigenvalue weighted by Gasteiger charge is -2.28. The SMILES string of the molecule is CCNC(=NCCC(C)N(C)C(=O)OC(C)(C)C)N1CCC(COCC)C1.I. The molecular weight excluding hydrogens is 471 g/mol. The minimum absolute atomic E-state index is 0. The third-order valence-corrected chi connectivity index (χ3v) is 4.63. The van der Waals surface area contributed by atoms with Crippen molar-refractivity contribution in [1.82, 2.24) is 15.1 Å². The normalized spacial score (nSPS) is 18.5. The molecule has 2 atom stereocenters. The maximum atomic E-state index is 12.2. The molecule has 0 aromatic carbocycles. The minimum atomic E-state index is -0.477. The van der Waals surface area contributed by atoms with Gasteiger partial charge in [-0.1, -0.05) is 0 Å². The number of guanidine groups is 1. The monoisotopic (exact) mass is 512 g/mol. The highest BCUT2D eigenvalue weighted by molar-refractivity contribution is 14.0. The molecule has 1 rings (SSSR count). The zero-order valence-electron chi connectivity index (χ0n) is 18.8. The van der Waals surface area contributed by atoms with Crippen LogP contribution in [0.15, 0.2) is 4.99 Å². The third-order valence-electron chi connectivity index (χ3n) is 4.63. The van der Waals surface area contributed by atoms with Gasteiger partial charge in [-0.3, -0.25) is 4.99 Å². The maximum Gasteiger partial charge on any atom is 0.410 e. The first-order valence-corrected chi connectivity index (χ1v) is 10.2. The van der Waals surface area contributed by atoms with Crippen molar-refractivity contribution in [2.75, 3.05) is 46.4 Å². The molecule has 1 heterocycles. The average Bonchev–Trinajstić information content (AvgIpc) is 3.05. The molecule has 0 aromatic heterocycles. The summed E-state index contributed by atoms with van der Waals surface area (Å²) in [5.74, 6) is 1.54. The number of carbonyl (C=O) groups excluding carboxylic acids is 1. The summed E-state index contributed by atoms with van der Waals surface area (Å²) in [6, 6.07) is 0.0655. The molecule has 166 valence electrons. The summed E-state index contributed by atoms with van der Waals surface area (Å²) in [5.41, 5.74) is -0.477. The van der Waals surface area contributed by atoms with Gasteiger partial charge < -0.3 is 24.6 Å². The number of hydrogen-bond donors (Lipinski definition) is 1. The van der Waals surface area contributed by atoms with Crippen molar-refractivity contribution in [3.8, 4) is 0 Å². The van der Waals surface area contributed by atoms with E-state index in [9.17, 15) is 4.79 Å². The van der Waals surface area contributed by atoms with Crippen LogP contribution in [0.1, 0.15) is 54.4 Å². The summed E-state index contributed by atoms with van der Waals surface area (Å²) in [6.07, 6.45) is 1.65. The first-order valence-electron chi connectivity index (χ1n) is 10.2. The van der Waals surface area contributed by atoms with Gasteiger partial charge in [-0.15, -0.1) is 24.0 Å². The molecule has 0 saturated carbocycles. The molecule has 0 aliphatic carbocycles. The molecule has 1 fully saturated rings. The van der Waals surface area contributed by atoms with Crippen LogP contribution in [-0.2, 0) is 9.47 Å². The van der Waals surface area contributed by atoms with Crippen LogP contribution in [0.2, 0.25) is 0 Å². The number of nitrogens with zero attached hydrogens (tertiary/aromatic N) is 3. The van der Waals surface area contributed by atoms with Crippen LogP contribution < -0.4 is 5.32 Å². The van der Waals surface area contributed by atoms with Crippen LogP contribution >= 0.6 is 24.0 Å². The summed E-state index contributed by atoms with van der Waals surface area (Å²) in [5, 5.41) is 3.39. The van der Waals surface area contributed by atoms with E-state index in [0.29, 0.717) is 12.5 Å². The lowest BCUT2D eigenvalue weighted by molar-refractivity contribution is 0.0231. The zero-order valence-corrected chi connectivity index (χ0v) is 21.1. The molecule has 1 aliphatic rings. The van der Waals surface area contributed by atoms with E-state index in [0.717, 1.165) is 51.6 Å². The van der Waals surface area contributed by atoms with Gasteiger partial charge in [0.1, 0.15) is 5.60 Å². The Hall–Kier alpha value is -0.770. The van der Waals surface area contributed by atoms with Gasteiger partial charge in [-0.25, -0.2) is 4.79 Å². The number of likely N-dealkylation sites (tertiary alicyclic amines) is 1. The van der Waals surface area contributed by atoms with Crippen molar-refractivity contribution < 1.29 is 14.3 Å². The van der Waals surface area contributed by atoms with Gasteiger partial charge in [0, 0.05) is 51.8 Å². The van der Waals surface area contributed by atoms with Crippen LogP contribution in [0.4, 0.5) is 4.79 Å². The lowest BCUT2D eigenvalue weighted by atomic mass is 10.1. The van der Waals surface area contributed by atoms with Crippen LogP contribution in [0.3, 0.4) is 0 Å². The second-order valence-electron chi connectivity index (χ2n) is 8.22. The summed E-state index contributed by atoms with van der Waals surface area (Å²) in [7, 11) is 1.78. The molecule has 1 amide bonds. The molecule has 0 radical (unpaired) electrons. The van der Waals surface area contributed by atoms with Gasteiger partial charge in [-0.2, -0.15) is 0 Å². The van der Waals surface area contributed by atoms with E-state index in [1.807, 2.05) is 34.6 Å². The Bertz CT molecular complexity index is 483. The standard InChI is InChI=1S/C20H40N4O3.HI/c1-8-21-18(24-13-11-17(14-24)15-26-9-2)22-12-10-16(3)23(7)19(25)27-20(4,5)6;/h16-17H,8-15H2,1-7H3,(H,21,22);1H. The summed E-state index contributed by atoms with van der Waals surface area (Å²) >= 11 is 0. The fourth-order valence-corrected chi connectivity index (χ4v) is 2.94. The Morgan fingerprint density at radius 1 is 1.36 bits per heavy atom. The smallest absolute Gasteiger partial charge is 0.410 e. The van der Waals surface area contributed by atoms with Crippen molar-refractivity contribution in [1.29, 1.82) is 0 Å². The summed E-state index contributed by atoms with van der Waals surface area (Å²) < 4.78 is 11.0. The molecule has 1 aliphatic heterocycles. The van der Waals surface area contributed by atoms with Crippen LogP contribution in [-0.4, -0.2) is 79.9 Å². The molecule has 1 N–H and O–H groups in total. The Morgan fingerprint density at radius 2 is 2.04 bits per heavy atom. The van der Waals surface area contributed by atoms with Gasteiger partial charge in [0.15, 0.2) is 5.96 Å². The second-order valence-corrected chi connectivity index (χ2v) is 8.22. The van der Waals surface area contributed by atoms with E-state index in [1.165, 1.54) is 0 Å². The fourth-order valence-electron chi connectivity index (χ4n) is 2.94. The molecule has 8 heteroatoms. The Kier molecular flexibility index (Phi) is 13.1. The van der Waals surface area contributed by atoms with Gasteiger partial charge >= 0.3 is 6.09 Å². The molecular formula is C20H41IN4O3. The molecule has 7 nitrogen and oxygen atoms in total. The number of rotatable bonds is 8. The number of ether oxygens (including phenoxy) is 2. The summed E-state index contributed by atoms with van der Waals surface area (Å²) in [4.78, 5) is 20.9. The van der Waals surface area contributed by atoms with Crippen molar-refractivity contribution in [3.63, 3.8) is 0 Å². The van der Waals surface area contributed by atoms with Crippen LogP contribution in [0, 0.1) is 5.92 Å². The van der Waals surface area contributed by atoms with Crippen molar-refractivity contribution in [2.45, 2.75) is 66.0 Å². The first kappa shape index (κ1) is 27.2. The highest BCUT2D eigenvalue weighted by Crippen LogP contribution is 2.17. The first-order chi connectivity index (χ1) is 12.7. The molecule has 0 bridgehead atoms. The number of halogens is 1. The van der Waals surface area contributed by atoms with E-state index in [-0.39, 0.29) is 36.1 Å². The predicted molar refractivity (Wildman–Crippen MR) is 126 cm³/mol. The maximum absolute atomic E-state index is 12.2. The fraction of sp³-hybridized carbons (Fsp3) is 0.900. The number of amides is 1. The van der Waals surface area contributed by atoms with Gasteiger partial charge in [-0.05, 0) is 54.4 Å². The van der Waals surface area contributed by atoms with Gasteiger partial charge in [0.2, 0.25) is 0 Å². The van der Waals surface area contributed by atoms with Gasteiger partial charge in [0.25, 0.3) is 0 Å². The van der Waals surface area contributed by atoms with Crippen LogP contribution in [0.25, 0.3) is 0 Å². The largest absolute Gasteiger partial charge is 0.444 e. The minimum Gasteiger partial charge on any atom is -0.444 e. The van der Waals surface area contributed by atoms with Gasteiger partial charge in [0.05, 0.1) is 6.61 Å². The number of nitrogens with one attached hydrogen (secondary N) is 1. The molecule has 28 heavy (non-hydrogen) atoms. The topological polar surface area (TPSA) is 66.4 Å². The van der Waals surface area contributed by atoms with E-state index < -0.39 is 5.60 Å². The summed E-state index contributed by atoms with van der Waals surface area (Å²) in [6.45, 7) is 16.9. The Labute approximate surface area is 188 Å². The molecule has 0 aromatic rings. The zero-order chi connectivity index (χ0) is 20.4. The number of aliphatic imine (C=N–C) groups is 1. The highest BCUT2D eigenvalue weighted by Gasteiger charge is 2.25. The van der Waals surface area contributed by atoms with E-state index in [1.54, 1.807) is 11.9 Å². The van der Waals surface area contributed by atoms with E-state index in [4.69, 9.17) is 14.5 Å². The Morgan fingerprint density at radius 3 is 2.61 bits per heavy atom. The molecule has 2 unspecified atom stereocenters. The molecule has 0 spiro atoms. The van der Waals surface area contributed by atoms with Crippen molar-refractivity contribution in [2.24, 2.45) is 10.9 Å². The second kappa shape index (κ2) is 13.5. The van der Waals surface area contributed by atoms with E-state index >= 15 is 0 Å². The average molecular weight is 512 g/mol. The predicted octanol–water partition coefficient (Wildman–Crippen LogP) is 3.57. The third kappa shape index (κ3) is 10.1.